The lowest BCUT2D eigenvalue weighted by molar-refractivity contribution is 0.198. The average molecular weight is 438 g/mol. The first-order valence-corrected chi connectivity index (χ1v) is 10.1. The number of rotatable bonds is 7. The third kappa shape index (κ3) is 4.98. The number of hydrogen-bond acceptors (Lipinski definition) is 4. The fourth-order valence-electron chi connectivity index (χ4n) is 2.81. The number of hydrogen-bond donors (Lipinski definition) is 1. The fraction of sp³-hybridized carbons (Fsp3) is 0.200. The number of anilines is 1. The van der Waals surface area contributed by atoms with Gasteiger partial charge in [-0.1, -0.05) is 23.7 Å². The zero-order valence-corrected chi connectivity index (χ0v) is 17.2. The highest BCUT2D eigenvalue weighted by atomic mass is 35.5. The first-order chi connectivity index (χ1) is 13.6. The largest absolute Gasteiger partial charge is 0.428 e. The molecule has 8 heteroatoms. The molecule has 0 aliphatic carbocycles. The number of halogens is 3. The molecule has 0 aliphatic rings. The average Bonchev–Trinajstić information content (AvgIpc) is 2.70. The first-order valence-electron chi connectivity index (χ1n) is 8.66. The van der Waals surface area contributed by atoms with Crippen molar-refractivity contribution >= 4 is 57.6 Å². The molecule has 28 heavy (non-hydrogen) atoms. The van der Waals surface area contributed by atoms with E-state index >= 15 is 0 Å². The summed E-state index contributed by atoms with van der Waals surface area (Å²) in [7, 11) is 0. The van der Waals surface area contributed by atoms with Crippen LogP contribution in [-0.2, 0) is 0 Å². The quantitative estimate of drug-likeness (QED) is 0.251. The highest BCUT2D eigenvalue weighted by Gasteiger charge is 2.05. The van der Waals surface area contributed by atoms with Gasteiger partial charge in [0.1, 0.15) is 0 Å². The second-order valence-corrected chi connectivity index (χ2v) is 7.20. The molecule has 0 unspecified atom stereocenters. The lowest BCUT2D eigenvalue weighted by Gasteiger charge is -2.22. The molecule has 3 aromatic rings. The maximum Gasteiger partial charge on any atom is 0.0967 e. The number of benzene rings is 2. The third-order valence-electron chi connectivity index (χ3n) is 4.20. The Balaban J connectivity index is 1.83. The molecule has 0 amide bonds. The van der Waals surface area contributed by atoms with Gasteiger partial charge in [0.25, 0.3) is 0 Å². The van der Waals surface area contributed by atoms with Gasteiger partial charge in [-0.3, -0.25) is 0 Å². The molecular formula is C20H19Cl3N4O. The van der Waals surface area contributed by atoms with Crippen LogP contribution < -0.4 is 10.3 Å². The molecule has 1 aromatic heterocycles. The molecule has 146 valence electrons. The van der Waals surface area contributed by atoms with Crippen molar-refractivity contribution in [1.82, 2.24) is 4.73 Å². The summed E-state index contributed by atoms with van der Waals surface area (Å²) in [5, 5.41) is 20.3. The van der Waals surface area contributed by atoms with E-state index in [0.717, 1.165) is 34.5 Å². The van der Waals surface area contributed by atoms with Crippen LogP contribution in [0.2, 0.25) is 5.02 Å². The Morgan fingerprint density at radius 1 is 1.00 bits per heavy atom. The van der Waals surface area contributed by atoms with E-state index in [9.17, 15) is 5.21 Å². The molecule has 5 nitrogen and oxygen atoms in total. The van der Waals surface area contributed by atoms with Gasteiger partial charge in [-0.2, -0.15) is 14.9 Å². The normalized spacial score (nSPS) is 12.2. The Kier molecular flexibility index (Phi) is 7.20. The van der Waals surface area contributed by atoms with Gasteiger partial charge < -0.3 is 10.1 Å². The van der Waals surface area contributed by atoms with E-state index in [2.05, 4.69) is 15.1 Å². The Labute approximate surface area is 178 Å². The van der Waals surface area contributed by atoms with E-state index in [1.165, 1.54) is 6.20 Å². The van der Waals surface area contributed by atoms with Gasteiger partial charge in [-0.15, -0.1) is 23.2 Å². The van der Waals surface area contributed by atoms with Gasteiger partial charge in [0.15, 0.2) is 0 Å². The molecule has 1 N–H and O–H groups in total. The van der Waals surface area contributed by atoms with E-state index in [1.807, 2.05) is 24.3 Å². The Morgan fingerprint density at radius 2 is 1.71 bits per heavy atom. The van der Waals surface area contributed by atoms with Gasteiger partial charge in [0.05, 0.1) is 17.1 Å². The zero-order valence-electron chi connectivity index (χ0n) is 15.0. The molecule has 0 radical (unpaired) electrons. The van der Waals surface area contributed by atoms with Crippen molar-refractivity contribution in [2.45, 2.75) is 0 Å². The Morgan fingerprint density at radius 3 is 2.39 bits per heavy atom. The summed E-state index contributed by atoms with van der Waals surface area (Å²) in [6.07, 6.45) is 3.18. The van der Waals surface area contributed by atoms with Crippen molar-refractivity contribution in [3.63, 3.8) is 0 Å². The summed E-state index contributed by atoms with van der Waals surface area (Å²) in [5.74, 6) is 1.09. The fourth-order valence-corrected chi connectivity index (χ4v) is 3.39. The van der Waals surface area contributed by atoms with Gasteiger partial charge in [0.2, 0.25) is 0 Å². The van der Waals surface area contributed by atoms with E-state index in [0.29, 0.717) is 27.7 Å². The maximum atomic E-state index is 9.93. The molecule has 0 spiro atoms. The van der Waals surface area contributed by atoms with Crippen LogP contribution in [0.1, 0.15) is 5.56 Å². The van der Waals surface area contributed by atoms with E-state index in [1.54, 1.807) is 30.5 Å². The molecule has 0 saturated carbocycles. The number of aromatic nitrogens is 1. The van der Waals surface area contributed by atoms with Crippen LogP contribution in [0.25, 0.3) is 10.9 Å². The maximum absolute atomic E-state index is 9.93. The summed E-state index contributed by atoms with van der Waals surface area (Å²) < 4.78 is 1.01. The standard InChI is InChI=1S/C20H19Cl3N4O/c21-8-11-26(12-9-22)17-4-1-15(2-5-17)14-24-25-19-7-10-27(28)20-13-16(23)3-6-18(19)20/h1-7,10,13-14,28H,8-9,11-12H2/b24-14+,25-19+. The minimum atomic E-state index is 0.536. The zero-order chi connectivity index (χ0) is 19.9. The summed E-state index contributed by atoms with van der Waals surface area (Å²) in [6, 6.07) is 14.9. The molecule has 0 atom stereocenters. The predicted octanol–water partition coefficient (Wildman–Crippen LogP) is 4.75. The number of alkyl halides is 2. The van der Waals surface area contributed by atoms with Crippen LogP contribution in [0.4, 0.5) is 5.69 Å². The predicted molar refractivity (Wildman–Crippen MR) is 117 cm³/mol. The molecule has 0 saturated heterocycles. The molecule has 3 rings (SSSR count). The van der Waals surface area contributed by atoms with Crippen molar-refractivity contribution in [3.05, 3.63) is 70.7 Å². The van der Waals surface area contributed by atoms with Gasteiger partial charge >= 0.3 is 0 Å². The van der Waals surface area contributed by atoms with Crippen LogP contribution in [0.5, 0.6) is 0 Å². The Hall–Kier alpha value is -2.21. The van der Waals surface area contributed by atoms with Crippen LogP contribution in [0, 0.1) is 0 Å². The molecule has 2 aromatic carbocycles. The SMILES string of the molecule is On1cc/c(=N\N=C\c2ccc(N(CCCl)CCCl)cc2)c2ccc(Cl)cc21. The number of pyridine rings is 1. The summed E-state index contributed by atoms with van der Waals surface area (Å²) in [5.41, 5.74) is 2.55. The molecule has 1 heterocycles. The van der Waals surface area contributed by atoms with E-state index in [-0.39, 0.29) is 0 Å². The third-order valence-corrected chi connectivity index (χ3v) is 4.77. The minimum absolute atomic E-state index is 0.536. The lowest BCUT2D eigenvalue weighted by Crippen LogP contribution is -2.27. The highest BCUT2D eigenvalue weighted by molar-refractivity contribution is 6.31. The van der Waals surface area contributed by atoms with E-state index < -0.39 is 0 Å². The topological polar surface area (TPSA) is 53.1 Å². The van der Waals surface area contributed by atoms with Crippen molar-refractivity contribution in [3.8, 4) is 0 Å². The molecule has 0 aliphatic heterocycles. The van der Waals surface area contributed by atoms with Crippen LogP contribution in [0.15, 0.2) is 64.9 Å². The second kappa shape index (κ2) is 9.82. The minimum Gasteiger partial charge on any atom is -0.428 e. The van der Waals surface area contributed by atoms with Crippen LogP contribution in [0.3, 0.4) is 0 Å². The smallest absolute Gasteiger partial charge is 0.0967 e. The summed E-state index contributed by atoms with van der Waals surface area (Å²) >= 11 is 17.7. The van der Waals surface area contributed by atoms with Gasteiger partial charge in [-0.05, 0) is 42.0 Å². The van der Waals surface area contributed by atoms with Gasteiger partial charge in [0, 0.05) is 47.1 Å². The molecule has 0 fully saturated rings. The Bertz CT molecular complexity index is 1030. The highest BCUT2D eigenvalue weighted by Crippen LogP contribution is 2.16. The second-order valence-electron chi connectivity index (χ2n) is 6.01. The summed E-state index contributed by atoms with van der Waals surface area (Å²) in [4.78, 5) is 2.14. The molecule has 0 bridgehead atoms. The summed E-state index contributed by atoms with van der Waals surface area (Å²) in [6.45, 7) is 1.49. The van der Waals surface area contributed by atoms with Crippen LogP contribution in [-0.4, -0.2) is 41.0 Å². The van der Waals surface area contributed by atoms with E-state index in [4.69, 9.17) is 34.8 Å². The van der Waals surface area contributed by atoms with Crippen molar-refractivity contribution in [2.75, 3.05) is 29.7 Å². The van der Waals surface area contributed by atoms with Crippen LogP contribution >= 0.6 is 34.8 Å². The van der Waals surface area contributed by atoms with Crippen molar-refractivity contribution < 1.29 is 5.21 Å². The van der Waals surface area contributed by atoms with Crippen molar-refractivity contribution in [1.29, 1.82) is 0 Å². The monoisotopic (exact) mass is 436 g/mol. The van der Waals surface area contributed by atoms with Gasteiger partial charge in [-0.25, -0.2) is 0 Å². The molecular weight excluding hydrogens is 419 g/mol. The van der Waals surface area contributed by atoms with Crippen molar-refractivity contribution in [2.24, 2.45) is 10.2 Å². The first kappa shape index (κ1) is 20.5. The number of nitrogens with zero attached hydrogens (tertiary/aromatic N) is 4. The lowest BCUT2D eigenvalue weighted by atomic mass is 10.2. The number of fused-ring (bicyclic) bond motifs is 1.